The Morgan fingerprint density at radius 1 is 1.12 bits per heavy atom. The van der Waals surface area contributed by atoms with Gasteiger partial charge in [-0.3, -0.25) is 4.79 Å². The molecule has 0 aliphatic rings. The number of carbonyl (C=O) groups excluding carboxylic acids is 1. The van der Waals surface area contributed by atoms with Gasteiger partial charge in [0.1, 0.15) is 5.75 Å². The predicted molar refractivity (Wildman–Crippen MR) is 69.3 cm³/mol. The second-order valence-electron chi connectivity index (χ2n) is 4.75. The molecule has 17 heavy (non-hydrogen) atoms. The Labute approximate surface area is 103 Å². The minimum atomic E-state index is -0.474. The van der Waals surface area contributed by atoms with Gasteiger partial charge in [0, 0.05) is 6.04 Å². The molecule has 0 heterocycles. The van der Waals surface area contributed by atoms with E-state index in [0.29, 0.717) is 0 Å². The average molecular weight is 235 g/mol. The second kappa shape index (κ2) is 5.71. The van der Waals surface area contributed by atoms with Crippen LogP contribution in [0.3, 0.4) is 0 Å². The zero-order valence-corrected chi connectivity index (χ0v) is 11.2. The first-order valence-corrected chi connectivity index (χ1v) is 5.94. The van der Waals surface area contributed by atoms with E-state index < -0.39 is 6.10 Å². The molecule has 3 heteroatoms. The number of carbonyl (C=O) groups is 1. The molecule has 1 N–H and O–H groups in total. The van der Waals surface area contributed by atoms with Crippen LogP contribution in [0.2, 0.25) is 0 Å². The largest absolute Gasteiger partial charge is 0.481 e. The maximum atomic E-state index is 11.7. The molecule has 0 saturated carbocycles. The summed E-state index contributed by atoms with van der Waals surface area (Å²) in [4.78, 5) is 11.7. The fourth-order valence-corrected chi connectivity index (χ4v) is 1.66. The fraction of sp³-hybridized carbons (Fsp3) is 0.500. The van der Waals surface area contributed by atoms with E-state index in [1.165, 1.54) is 0 Å². The zero-order valence-electron chi connectivity index (χ0n) is 11.2. The summed E-state index contributed by atoms with van der Waals surface area (Å²) >= 11 is 0. The minimum absolute atomic E-state index is 0.0841. The van der Waals surface area contributed by atoms with Crippen LogP contribution < -0.4 is 10.1 Å². The molecule has 1 unspecified atom stereocenters. The van der Waals surface area contributed by atoms with Crippen LogP contribution >= 0.6 is 0 Å². The number of amides is 1. The Morgan fingerprint density at radius 2 is 1.65 bits per heavy atom. The molecule has 0 fully saturated rings. The van der Waals surface area contributed by atoms with Crippen molar-refractivity contribution >= 4 is 5.91 Å². The number of hydrogen-bond acceptors (Lipinski definition) is 2. The lowest BCUT2D eigenvalue weighted by molar-refractivity contribution is -0.127. The van der Waals surface area contributed by atoms with Gasteiger partial charge in [-0.05, 0) is 57.9 Å². The van der Waals surface area contributed by atoms with E-state index in [4.69, 9.17) is 4.74 Å². The third-order valence-electron chi connectivity index (χ3n) is 2.31. The quantitative estimate of drug-likeness (QED) is 0.871. The Hall–Kier alpha value is -1.51. The summed E-state index contributed by atoms with van der Waals surface area (Å²) in [6.07, 6.45) is -0.474. The standard InChI is InChI=1S/C14H21NO2/c1-9(2)15-14(16)12(5)17-13-7-10(3)6-11(4)8-13/h6-9,12H,1-5H3,(H,15,16). The monoisotopic (exact) mass is 235 g/mol. The molecule has 1 rings (SSSR count). The van der Waals surface area contributed by atoms with Crippen LogP contribution in [0.15, 0.2) is 18.2 Å². The topological polar surface area (TPSA) is 38.3 Å². The SMILES string of the molecule is Cc1cc(C)cc(OC(C)C(=O)NC(C)C)c1. The summed E-state index contributed by atoms with van der Waals surface area (Å²) in [6, 6.07) is 6.08. The van der Waals surface area contributed by atoms with Crippen molar-refractivity contribution in [2.75, 3.05) is 0 Å². The van der Waals surface area contributed by atoms with Crippen LogP contribution in [0.25, 0.3) is 0 Å². The van der Waals surface area contributed by atoms with Crippen molar-refractivity contribution in [3.63, 3.8) is 0 Å². The molecular weight excluding hydrogens is 214 g/mol. The third kappa shape index (κ3) is 4.47. The van der Waals surface area contributed by atoms with E-state index in [1.807, 2.05) is 39.8 Å². The van der Waals surface area contributed by atoms with Gasteiger partial charge in [-0.1, -0.05) is 6.07 Å². The lowest BCUT2D eigenvalue weighted by Gasteiger charge is -2.17. The maximum Gasteiger partial charge on any atom is 0.260 e. The summed E-state index contributed by atoms with van der Waals surface area (Å²) in [5.74, 6) is 0.660. The average Bonchev–Trinajstić information content (AvgIpc) is 2.14. The zero-order chi connectivity index (χ0) is 13.0. The molecule has 0 saturated heterocycles. The smallest absolute Gasteiger partial charge is 0.260 e. The van der Waals surface area contributed by atoms with Crippen molar-refractivity contribution in [2.45, 2.75) is 46.8 Å². The molecular formula is C14H21NO2. The van der Waals surface area contributed by atoms with Gasteiger partial charge in [-0.25, -0.2) is 0 Å². The summed E-state index contributed by atoms with van der Waals surface area (Å²) in [5, 5.41) is 2.83. The van der Waals surface area contributed by atoms with Crippen LogP contribution in [0.1, 0.15) is 31.9 Å². The van der Waals surface area contributed by atoms with Gasteiger partial charge < -0.3 is 10.1 Å². The number of aryl methyl sites for hydroxylation is 2. The number of hydrogen-bond donors (Lipinski definition) is 1. The van der Waals surface area contributed by atoms with Gasteiger partial charge in [0.25, 0.3) is 5.91 Å². The summed E-state index contributed by atoms with van der Waals surface area (Å²) in [7, 11) is 0. The molecule has 1 aromatic rings. The highest BCUT2D eigenvalue weighted by atomic mass is 16.5. The lowest BCUT2D eigenvalue weighted by Crippen LogP contribution is -2.40. The van der Waals surface area contributed by atoms with E-state index in [-0.39, 0.29) is 11.9 Å². The highest BCUT2D eigenvalue weighted by Crippen LogP contribution is 2.17. The van der Waals surface area contributed by atoms with Crippen LogP contribution in [0, 0.1) is 13.8 Å². The molecule has 1 amide bonds. The summed E-state index contributed by atoms with van der Waals surface area (Å²) in [5.41, 5.74) is 2.27. The van der Waals surface area contributed by atoms with Crippen LogP contribution in [-0.2, 0) is 4.79 Å². The van der Waals surface area contributed by atoms with Crippen molar-refractivity contribution in [3.8, 4) is 5.75 Å². The van der Waals surface area contributed by atoms with Gasteiger partial charge >= 0.3 is 0 Å². The first-order chi connectivity index (χ1) is 7.88. The Balaban J connectivity index is 2.67. The molecule has 1 atom stereocenters. The van der Waals surface area contributed by atoms with Crippen molar-refractivity contribution in [1.29, 1.82) is 0 Å². The van der Waals surface area contributed by atoms with Crippen molar-refractivity contribution < 1.29 is 9.53 Å². The van der Waals surface area contributed by atoms with E-state index in [1.54, 1.807) is 6.92 Å². The minimum Gasteiger partial charge on any atom is -0.481 e. The Bertz CT molecular complexity index is 379. The van der Waals surface area contributed by atoms with Crippen LogP contribution in [-0.4, -0.2) is 18.1 Å². The molecule has 0 radical (unpaired) electrons. The normalized spacial score (nSPS) is 12.4. The van der Waals surface area contributed by atoms with Crippen molar-refractivity contribution in [1.82, 2.24) is 5.32 Å². The summed E-state index contributed by atoms with van der Waals surface area (Å²) < 4.78 is 5.63. The van der Waals surface area contributed by atoms with Crippen molar-refractivity contribution in [2.24, 2.45) is 0 Å². The van der Waals surface area contributed by atoms with Gasteiger partial charge in [-0.2, -0.15) is 0 Å². The third-order valence-corrected chi connectivity index (χ3v) is 2.31. The first kappa shape index (κ1) is 13.6. The lowest BCUT2D eigenvalue weighted by atomic mass is 10.1. The molecule has 0 aromatic heterocycles. The predicted octanol–water partition coefficient (Wildman–Crippen LogP) is 2.60. The number of benzene rings is 1. The molecule has 0 spiro atoms. The van der Waals surface area contributed by atoms with Crippen LogP contribution in [0.5, 0.6) is 5.75 Å². The van der Waals surface area contributed by atoms with Gasteiger partial charge in [0.15, 0.2) is 6.10 Å². The van der Waals surface area contributed by atoms with E-state index in [2.05, 4.69) is 11.4 Å². The second-order valence-corrected chi connectivity index (χ2v) is 4.75. The van der Waals surface area contributed by atoms with Crippen LogP contribution in [0.4, 0.5) is 0 Å². The van der Waals surface area contributed by atoms with Gasteiger partial charge in [-0.15, -0.1) is 0 Å². The number of ether oxygens (including phenoxy) is 1. The number of rotatable bonds is 4. The van der Waals surface area contributed by atoms with Crippen molar-refractivity contribution in [3.05, 3.63) is 29.3 Å². The summed E-state index contributed by atoms with van der Waals surface area (Å²) in [6.45, 7) is 9.65. The van der Waals surface area contributed by atoms with E-state index in [0.717, 1.165) is 16.9 Å². The Kier molecular flexibility index (Phi) is 4.55. The van der Waals surface area contributed by atoms with E-state index in [9.17, 15) is 4.79 Å². The van der Waals surface area contributed by atoms with Gasteiger partial charge in [0.05, 0.1) is 0 Å². The molecule has 0 bridgehead atoms. The molecule has 1 aromatic carbocycles. The fourth-order valence-electron chi connectivity index (χ4n) is 1.66. The number of nitrogens with one attached hydrogen (secondary N) is 1. The van der Waals surface area contributed by atoms with Gasteiger partial charge in [0.2, 0.25) is 0 Å². The molecule has 3 nitrogen and oxygen atoms in total. The first-order valence-electron chi connectivity index (χ1n) is 5.94. The van der Waals surface area contributed by atoms with E-state index >= 15 is 0 Å². The molecule has 0 aliphatic heterocycles. The maximum absolute atomic E-state index is 11.7. The highest BCUT2D eigenvalue weighted by molar-refractivity contribution is 5.80. The highest BCUT2D eigenvalue weighted by Gasteiger charge is 2.15. The molecule has 0 aliphatic carbocycles. The molecule has 94 valence electrons. The Morgan fingerprint density at radius 3 is 2.12 bits per heavy atom.